The highest BCUT2D eigenvalue weighted by atomic mass is 35.5. The van der Waals surface area contributed by atoms with E-state index in [0.717, 1.165) is 12.1 Å². The fraction of sp³-hybridized carbons (Fsp3) is 0. The normalized spacial score (nSPS) is 11.0. The lowest BCUT2D eigenvalue weighted by molar-refractivity contribution is 0.600. The van der Waals surface area contributed by atoms with Gasteiger partial charge in [0.15, 0.2) is 11.5 Å². The van der Waals surface area contributed by atoms with Gasteiger partial charge in [-0.2, -0.15) is 5.26 Å². The van der Waals surface area contributed by atoms with Crippen LogP contribution in [0.4, 0.5) is 10.1 Å². The first-order valence-corrected chi connectivity index (χ1v) is 7.61. The Morgan fingerprint density at radius 3 is 2.48 bits per heavy atom. The maximum Gasteiger partial charge on any atom is 0.264 e. The Morgan fingerprint density at radius 2 is 1.90 bits per heavy atom. The monoisotopic (exact) mass is 345 g/mol. The molecule has 0 aliphatic carbocycles. The van der Waals surface area contributed by atoms with E-state index in [-0.39, 0.29) is 26.3 Å². The fourth-order valence-corrected chi connectivity index (χ4v) is 3.15. The Kier molecular flexibility index (Phi) is 4.32. The van der Waals surface area contributed by atoms with Crippen molar-refractivity contribution in [1.82, 2.24) is 4.98 Å². The van der Waals surface area contributed by atoms with Crippen molar-refractivity contribution in [3.8, 4) is 6.07 Å². The molecule has 0 radical (unpaired) electrons. The molecule has 0 unspecified atom stereocenters. The summed E-state index contributed by atoms with van der Waals surface area (Å²) in [5, 5.41) is 8.22. The standard InChI is InChI=1S/C12H6Cl2FN3O2S/c13-8-4-7(5-9(14)12(8)15)18-21(19,20)11-2-1-3-17-10(11)6-16/h1-5,18H. The third kappa shape index (κ3) is 3.24. The van der Waals surface area contributed by atoms with Crippen LogP contribution in [0.5, 0.6) is 0 Å². The number of nitrogens with one attached hydrogen (secondary N) is 1. The zero-order chi connectivity index (χ0) is 15.6. The van der Waals surface area contributed by atoms with Gasteiger partial charge < -0.3 is 0 Å². The molecule has 2 aromatic rings. The molecule has 1 aromatic carbocycles. The van der Waals surface area contributed by atoms with Crippen molar-refractivity contribution >= 4 is 38.9 Å². The minimum atomic E-state index is -4.08. The van der Waals surface area contributed by atoms with Crippen molar-refractivity contribution in [3.05, 3.63) is 52.0 Å². The van der Waals surface area contributed by atoms with Crippen LogP contribution < -0.4 is 4.72 Å². The van der Waals surface area contributed by atoms with Crippen molar-refractivity contribution in [2.75, 3.05) is 4.72 Å². The highest BCUT2D eigenvalue weighted by Gasteiger charge is 2.20. The molecule has 0 saturated heterocycles. The molecule has 1 N–H and O–H groups in total. The summed E-state index contributed by atoms with van der Waals surface area (Å²) in [4.78, 5) is 3.36. The number of hydrogen-bond acceptors (Lipinski definition) is 4. The van der Waals surface area contributed by atoms with Crippen molar-refractivity contribution in [1.29, 1.82) is 5.26 Å². The second-order valence-electron chi connectivity index (χ2n) is 3.82. The molecule has 2 rings (SSSR count). The second kappa shape index (κ2) is 5.85. The molecular formula is C12H6Cl2FN3O2S. The number of hydrogen-bond donors (Lipinski definition) is 1. The Labute approximate surface area is 130 Å². The fourth-order valence-electron chi connectivity index (χ4n) is 1.52. The summed E-state index contributed by atoms with van der Waals surface area (Å²) >= 11 is 11.2. The van der Waals surface area contributed by atoms with Gasteiger partial charge in [0.1, 0.15) is 11.0 Å². The number of rotatable bonds is 3. The average Bonchev–Trinajstić information content (AvgIpc) is 2.44. The summed E-state index contributed by atoms with van der Waals surface area (Å²) in [6.07, 6.45) is 1.29. The molecule has 0 aliphatic heterocycles. The second-order valence-corrected chi connectivity index (χ2v) is 6.29. The average molecular weight is 346 g/mol. The molecule has 21 heavy (non-hydrogen) atoms. The van der Waals surface area contributed by atoms with Gasteiger partial charge in [0.05, 0.1) is 15.7 Å². The van der Waals surface area contributed by atoms with E-state index in [9.17, 15) is 12.8 Å². The maximum atomic E-state index is 13.3. The number of pyridine rings is 1. The van der Waals surface area contributed by atoms with Gasteiger partial charge in [-0.15, -0.1) is 0 Å². The lowest BCUT2D eigenvalue weighted by atomic mass is 10.3. The topological polar surface area (TPSA) is 82.8 Å². The summed E-state index contributed by atoms with van der Waals surface area (Å²) in [6.45, 7) is 0. The Bertz CT molecular complexity index is 827. The number of sulfonamides is 1. The third-order valence-electron chi connectivity index (χ3n) is 2.40. The first-order chi connectivity index (χ1) is 9.85. The number of nitriles is 1. The molecule has 0 aliphatic rings. The van der Waals surface area contributed by atoms with E-state index < -0.39 is 15.8 Å². The minimum Gasteiger partial charge on any atom is -0.279 e. The molecule has 0 fully saturated rings. The maximum absolute atomic E-state index is 13.3. The van der Waals surface area contributed by atoms with Crippen LogP contribution in [0, 0.1) is 17.1 Å². The van der Waals surface area contributed by atoms with Crippen LogP contribution in [0.1, 0.15) is 5.69 Å². The quantitative estimate of drug-likeness (QED) is 0.865. The van der Waals surface area contributed by atoms with Gasteiger partial charge in [0.25, 0.3) is 10.0 Å². The molecule has 5 nitrogen and oxygen atoms in total. The van der Waals surface area contributed by atoms with Crippen LogP contribution in [-0.2, 0) is 10.0 Å². The lowest BCUT2D eigenvalue weighted by Crippen LogP contribution is -2.15. The summed E-state index contributed by atoms with van der Waals surface area (Å²) in [5.74, 6) is -0.847. The van der Waals surface area contributed by atoms with Crippen LogP contribution >= 0.6 is 23.2 Å². The van der Waals surface area contributed by atoms with Gasteiger partial charge in [-0.1, -0.05) is 23.2 Å². The number of halogens is 3. The first-order valence-electron chi connectivity index (χ1n) is 5.37. The number of aromatic nitrogens is 1. The summed E-state index contributed by atoms with van der Waals surface area (Å²) < 4.78 is 39.9. The Hall–Kier alpha value is -1.88. The SMILES string of the molecule is N#Cc1ncccc1S(=O)(=O)Nc1cc(Cl)c(F)c(Cl)c1. The molecule has 1 aromatic heterocycles. The highest BCUT2D eigenvalue weighted by Crippen LogP contribution is 2.28. The molecule has 0 saturated carbocycles. The van der Waals surface area contributed by atoms with E-state index >= 15 is 0 Å². The minimum absolute atomic E-state index is 0.0286. The van der Waals surface area contributed by atoms with Crippen molar-refractivity contribution in [2.24, 2.45) is 0 Å². The number of nitrogens with zero attached hydrogens (tertiary/aromatic N) is 2. The van der Waals surface area contributed by atoms with E-state index in [2.05, 4.69) is 9.71 Å². The smallest absolute Gasteiger partial charge is 0.264 e. The first kappa shape index (κ1) is 15.5. The van der Waals surface area contributed by atoms with E-state index in [1.54, 1.807) is 6.07 Å². The van der Waals surface area contributed by atoms with Gasteiger partial charge in [-0.3, -0.25) is 4.72 Å². The number of benzene rings is 1. The summed E-state index contributed by atoms with van der Waals surface area (Å²) in [6, 6.07) is 6.42. The zero-order valence-corrected chi connectivity index (χ0v) is 12.5. The van der Waals surface area contributed by atoms with Crippen molar-refractivity contribution in [2.45, 2.75) is 4.90 Å². The van der Waals surface area contributed by atoms with E-state index in [1.807, 2.05) is 0 Å². The number of anilines is 1. The predicted molar refractivity (Wildman–Crippen MR) is 76.2 cm³/mol. The highest BCUT2D eigenvalue weighted by molar-refractivity contribution is 7.92. The third-order valence-corrected chi connectivity index (χ3v) is 4.37. The molecule has 1 heterocycles. The van der Waals surface area contributed by atoms with Gasteiger partial charge >= 0.3 is 0 Å². The van der Waals surface area contributed by atoms with Gasteiger partial charge in [-0.25, -0.2) is 17.8 Å². The van der Waals surface area contributed by atoms with Gasteiger partial charge in [0.2, 0.25) is 0 Å². The molecular weight excluding hydrogens is 340 g/mol. The lowest BCUT2D eigenvalue weighted by Gasteiger charge is -2.10. The summed E-state index contributed by atoms with van der Waals surface area (Å²) in [5.41, 5.74) is -0.288. The molecule has 9 heteroatoms. The van der Waals surface area contributed by atoms with Crippen LogP contribution in [0.25, 0.3) is 0 Å². The Balaban J connectivity index is 2.46. The van der Waals surface area contributed by atoms with Crippen LogP contribution in [0.3, 0.4) is 0 Å². The summed E-state index contributed by atoms with van der Waals surface area (Å²) in [7, 11) is -4.08. The van der Waals surface area contributed by atoms with Gasteiger partial charge in [0, 0.05) is 6.20 Å². The van der Waals surface area contributed by atoms with E-state index in [4.69, 9.17) is 28.5 Å². The molecule has 108 valence electrons. The molecule has 0 spiro atoms. The van der Waals surface area contributed by atoms with Crippen molar-refractivity contribution < 1.29 is 12.8 Å². The largest absolute Gasteiger partial charge is 0.279 e. The van der Waals surface area contributed by atoms with Crippen LogP contribution in [-0.4, -0.2) is 13.4 Å². The van der Waals surface area contributed by atoms with Crippen LogP contribution in [0.2, 0.25) is 10.0 Å². The van der Waals surface area contributed by atoms with E-state index in [0.29, 0.717) is 0 Å². The molecule has 0 amide bonds. The van der Waals surface area contributed by atoms with Crippen molar-refractivity contribution in [3.63, 3.8) is 0 Å². The molecule has 0 bridgehead atoms. The van der Waals surface area contributed by atoms with E-state index in [1.165, 1.54) is 18.3 Å². The zero-order valence-electron chi connectivity index (χ0n) is 10.1. The predicted octanol–water partition coefficient (Wildman–Crippen LogP) is 3.20. The van der Waals surface area contributed by atoms with Crippen LogP contribution in [0.15, 0.2) is 35.4 Å². The molecule has 0 atom stereocenters. The van der Waals surface area contributed by atoms with Gasteiger partial charge in [-0.05, 0) is 24.3 Å². The Morgan fingerprint density at radius 1 is 1.29 bits per heavy atom.